The molecule has 2 N–H and O–H groups in total. The number of carbonyl (C=O) groups is 2. The van der Waals surface area contributed by atoms with Gasteiger partial charge in [-0.15, -0.1) is 12.4 Å². The summed E-state index contributed by atoms with van der Waals surface area (Å²) in [4.78, 5) is 22.7. The summed E-state index contributed by atoms with van der Waals surface area (Å²) in [7, 11) is 0. The van der Waals surface area contributed by atoms with Crippen LogP contribution in [0.4, 0.5) is 4.79 Å². The lowest BCUT2D eigenvalue weighted by molar-refractivity contribution is -0.140. The molecule has 1 rings (SSSR count). The third-order valence-corrected chi connectivity index (χ3v) is 3.45. The zero-order valence-corrected chi connectivity index (χ0v) is 13.3. The Balaban J connectivity index is 0.00000361. The van der Waals surface area contributed by atoms with Crippen LogP contribution in [0.25, 0.3) is 0 Å². The monoisotopic (exact) mass is 307 g/mol. The van der Waals surface area contributed by atoms with Crippen LogP contribution in [0.2, 0.25) is 0 Å². The number of hydrogen-bond acceptors (Lipinski definition) is 3. The number of ether oxygens (including phenoxy) is 1. The van der Waals surface area contributed by atoms with E-state index in [4.69, 9.17) is 9.84 Å². The molecule has 0 aromatic heterocycles. The Kier molecular flexibility index (Phi) is 7.34. The summed E-state index contributed by atoms with van der Waals surface area (Å²) in [6.07, 6.45) is 4.57. The zero-order chi connectivity index (χ0) is 14.5. The molecule has 1 aliphatic rings. The van der Waals surface area contributed by atoms with E-state index in [0.29, 0.717) is 6.54 Å². The topological polar surface area (TPSA) is 75.6 Å². The van der Waals surface area contributed by atoms with E-state index in [1.54, 1.807) is 20.8 Å². The quantitative estimate of drug-likeness (QED) is 0.835. The molecule has 0 radical (unpaired) electrons. The highest BCUT2D eigenvalue weighted by Gasteiger charge is 2.35. The Hall–Kier alpha value is -0.970. The van der Waals surface area contributed by atoms with E-state index in [1.165, 1.54) is 0 Å². The summed E-state index contributed by atoms with van der Waals surface area (Å²) < 4.78 is 5.18. The first kappa shape index (κ1) is 19.0. The highest BCUT2D eigenvalue weighted by Crippen LogP contribution is 2.38. The van der Waals surface area contributed by atoms with Crippen LogP contribution >= 0.6 is 12.4 Å². The minimum Gasteiger partial charge on any atom is -0.481 e. The number of hydrogen-bond donors (Lipinski definition) is 2. The number of nitrogens with one attached hydrogen (secondary N) is 1. The van der Waals surface area contributed by atoms with Crippen LogP contribution in [0.3, 0.4) is 0 Å². The molecule has 0 spiro atoms. The Morgan fingerprint density at radius 1 is 1.20 bits per heavy atom. The second-order valence-corrected chi connectivity index (χ2v) is 6.49. The SMILES string of the molecule is CC(C)(C)OC(=O)NCC1(CC(=O)O)CCCCC1.Cl. The van der Waals surface area contributed by atoms with Gasteiger partial charge in [0.05, 0.1) is 6.42 Å². The fourth-order valence-corrected chi connectivity index (χ4v) is 2.61. The summed E-state index contributed by atoms with van der Waals surface area (Å²) in [5, 5.41) is 11.8. The molecular formula is C14H26ClNO4. The Morgan fingerprint density at radius 2 is 1.75 bits per heavy atom. The molecule has 0 atom stereocenters. The summed E-state index contributed by atoms with van der Waals surface area (Å²) in [5.74, 6) is -0.798. The number of alkyl carbamates (subject to hydrolysis) is 1. The Morgan fingerprint density at radius 3 is 2.20 bits per heavy atom. The average molecular weight is 308 g/mol. The number of aliphatic carboxylic acids is 1. The minimum atomic E-state index is -0.798. The van der Waals surface area contributed by atoms with Crippen molar-refractivity contribution in [2.45, 2.75) is 64.9 Å². The zero-order valence-electron chi connectivity index (χ0n) is 12.5. The molecular weight excluding hydrogens is 282 g/mol. The number of halogens is 1. The summed E-state index contributed by atoms with van der Waals surface area (Å²) in [6, 6.07) is 0. The molecule has 5 nitrogen and oxygen atoms in total. The molecule has 1 amide bonds. The molecule has 0 heterocycles. The third-order valence-electron chi connectivity index (χ3n) is 3.45. The first-order chi connectivity index (χ1) is 8.72. The van der Waals surface area contributed by atoms with Gasteiger partial charge in [-0.2, -0.15) is 0 Å². The van der Waals surface area contributed by atoms with Gasteiger partial charge in [-0.05, 0) is 39.0 Å². The summed E-state index contributed by atoms with van der Waals surface area (Å²) in [6.45, 7) is 5.80. The lowest BCUT2D eigenvalue weighted by Crippen LogP contribution is -2.42. The van der Waals surface area contributed by atoms with Gasteiger partial charge in [0.15, 0.2) is 0 Å². The molecule has 1 fully saturated rings. The molecule has 6 heteroatoms. The van der Waals surface area contributed by atoms with E-state index in [-0.39, 0.29) is 24.2 Å². The smallest absolute Gasteiger partial charge is 0.407 e. The van der Waals surface area contributed by atoms with Crippen molar-refractivity contribution < 1.29 is 19.4 Å². The van der Waals surface area contributed by atoms with E-state index in [2.05, 4.69) is 5.32 Å². The molecule has 1 aliphatic carbocycles. The minimum absolute atomic E-state index is 0. The van der Waals surface area contributed by atoms with Gasteiger partial charge in [-0.3, -0.25) is 4.79 Å². The van der Waals surface area contributed by atoms with Crippen molar-refractivity contribution >= 4 is 24.5 Å². The van der Waals surface area contributed by atoms with E-state index < -0.39 is 17.7 Å². The normalized spacial score (nSPS) is 17.8. The lowest BCUT2D eigenvalue weighted by Gasteiger charge is -2.36. The van der Waals surface area contributed by atoms with Gasteiger partial charge in [-0.25, -0.2) is 4.79 Å². The van der Waals surface area contributed by atoms with Gasteiger partial charge in [0.25, 0.3) is 0 Å². The van der Waals surface area contributed by atoms with Crippen molar-refractivity contribution in [3.05, 3.63) is 0 Å². The van der Waals surface area contributed by atoms with Crippen LogP contribution in [0.5, 0.6) is 0 Å². The first-order valence-electron chi connectivity index (χ1n) is 6.91. The predicted octanol–water partition coefficient (Wildman–Crippen LogP) is 3.36. The number of carbonyl (C=O) groups excluding carboxylic acids is 1. The second-order valence-electron chi connectivity index (χ2n) is 6.49. The van der Waals surface area contributed by atoms with Crippen molar-refractivity contribution in [3.63, 3.8) is 0 Å². The molecule has 20 heavy (non-hydrogen) atoms. The fraction of sp³-hybridized carbons (Fsp3) is 0.857. The highest BCUT2D eigenvalue weighted by atomic mass is 35.5. The van der Waals surface area contributed by atoms with Gasteiger partial charge < -0.3 is 15.2 Å². The standard InChI is InChI=1S/C14H25NO4.ClH/c1-13(2,3)19-12(18)15-10-14(9-11(16)17)7-5-4-6-8-14;/h4-10H2,1-3H3,(H,15,18)(H,16,17);1H. The molecule has 0 saturated heterocycles. The largest absolute Gasteiger partial charge is 0.481 e. The average Bonchev–Trinajstić information content (AvgIpc) is 2.24. The molecule has 0 bridgehead atoms. The molecule has 1 saturated carbocycles. The fourth-order valence-electron chi connectivity index (χ4n) is 2.61. The van der Waals surface area contributed by atoms with Crippen molar-refractivity contribution in [3.8, 4) is 0 Å². The molecule has 0 aliphatic heterocycles. The van der Waals surface area contributed by atoms with Gasteiger partial charge in [-0.1, -0.05) is 19.3 Å². The van der Waals surface area contributed by atoms with Gasteiger partial charge in [0.1, 0.15) is 5.60 Å². The predicted molar refractivity (Wildman–Crippen MR) is 79.3 cm³/mol. The third kappa shape index (κ3) is 6.98. The Bertz CT molecular complexity index is 333. The number of amides is 1. The maximum absolute atomic E-state index is 11.6. The van der Waals surface area contributed by atoms with E-state index in [1.807, 2.05) is 0 Å². The van der Waals surface area contributed by atoms with E-state index >= 15 is 0 Å². The lowest BCUT2D eigenvalue weighted by atomic mass is 9.72. The molecule has 118 valence electrons. The summed E-state index contributed by atoms with van der Waals surface area (Å²) in [5.41, 5.74) is -0.836. The van der Waals surface area contributed by atoms with Crippen molar-refractivity contribution in [1.29, 1.82) is 0 Å². The molecule has 0 unspecified atom stereocenters. The van der Waals surface area contributed by atoms with Gasteiger partial charge in [0.2, 0.25) is 0 Å². The van der Waals surface area contributed by atoms with E-state index in [0.717, 1.165) is 32.1 Å². The van der Waals surface area contributed by atoms with Gasteiger partial charge in [0, 0.05) is 6.54 Å². The van der Waals surface area contributed by atoms with Crippen LogP contribution in [-0.2, 0) is 9.53 Å². The second kappa shape index (κ2) is 7.72. The number of rotatable bonds is 4. The maximum atomic E-state index is 11.6. The van der Waals surface area contributed by atoms with E-state index in [9.17, 15) is 9.59 Å². The maximum Gasteiger partial charge on any atom is 0.407 e. The van der Waals surface area contributed by atoms with Crippen LogP contribution in [0.15, 0.2) is 0 Å². The van der Waals surface area contributed by atoms with Crippen molar-refractivity contribution in [2.24, 2.45) is 5.41 Å². The van der Waals surface area contributed by atoms with Crippen molar-refractivity contribution in [1.82, 2.24) is 5.32 Å². The summed E-state index contributed by atoms with van der Waals surface area (Å²) >= 11 is 0. The number of carboxylic acids is 1. The van der Waals surface area contributed by atoms with Crippen molar-refractivity contribution in [2.75, 3.05) is 6.54 Å². The first-order valence-corrected chi connectivity index (χ1v) is 6.91. The molecule has 0 aromatic rings. The van der Waals surface area contributed by atoms with Crippen LogP contribution in [0.1, 0.15) is 59.3 Å². The number of carboxylic acid groups (broad SMARTS) is 1. The van der Waals surface area contributed by atoms with Crippen LogP contribution < -0.4 is 5.32 Å². The van der Waals surface area contributed by atoms with Crippen LogP contribution in [-0.4, -0.2) is 29.3 Å². The molecule has 0 aromatic carbocycles. The van der Waals surface area contributed by atoms with Crippen LogP contribution in [0, 0.1) is 5.41 Å². The Labute approximate surface area is 126 Å². The van der Waals surface area contributed by atoms with Gasteiger partial charge >= 0.3 is 12.1 Å². The highest BCUT2D eigenvalue weighted by molar-refractivity contribution is 5.85.